The van der Waals surface area contributed by atoms with Crippen molar-refractivity contribution in [1.29, 1.82) is 0 Å². The van der Waals surface area contributed by atoms with Crippen LogP contribution in [0.4, 0.5) is 4.79 Å². The van der Waals surface area contributed by atoms with Gasteiger partial charge in [0.05, 0.1) is 0 Å². The highest BCUT2D eigenvalue weighted by atomic mass is 16.6. The largest absolute Gasteiger partial charge is 0.444 e. The van der Waals surface area contributed by atoms with Gasteiger partial charge in [0.1, 0.15) is 5.60 Å². The van der Waals surface area contributed by atoms with Crippen molar-refractivity contribution >= 4 is 12.1 Å². The van der Waals surface area contributed by atoms with Crippen molar-refractivity contribution in [3.63, 3.8) is 0 Å². The predicted molar refractivity (Wildman–Crippen MR) is 105 cm³/mol. The Morgan fingerprint density at radius 2 is 1.93 bits per heavy atom. The number of aliphatic imine (C=N–C) groups is 1. The third-order valence-electron chi connectivity index (χ3n) is 3.25. The van der Waals surface area contributed by atoms with E-state index in [1.54, 1.807) is 0 Å². The number of hydrogen-bond acceptors (Lipinski definition) is 6. The van der Waals surface area contributed by atoms with Crippen molar-refractivity contribution in [2.24, 2.45) is 4.99 Å². The number of aromatic nitrogens is 2. The quantitative estimate of drug-likeness (QED) is 0.341. The Morgan fingerprint density at radius 1 is 1.22 bits per heavy atom. The second-order valence-electron chi connectivity index (χ2n) is 7.42. The lowest BCUT2D eigenvalue weighted by molar-refractivity contribution is 0.0529. The molecule has 27 heavy (non-hydrogen) atoms. The van der Waals surface area contributed by atoms with Crippen LogP contribution in [0.5, 0.6) is 0 Å². The van der Waals surface area contributed by atoms with Crippen molar-refractivity contribution in [3.05, 3.63) is 11.7 Å². The maximum absolute atomic E-state index is 11.6. The van der Waals surface area contributed by atoms with Gasteiger partial charge in [-0.15, -0.1) is 0 Å². The van der Waals surface area contributed by atoms with Gasteiger partial charge in [-0.1, -0.05) is 19.0 Å². The minimum absolute atomic E-state index is 0.263. The van der Waals surface area contributed by atoms with E-state index in [2.05, 4.69) is 31.1 Å². The van der Waals surface area contributed by atoms with Crippen molar-refractivity contribution in [2.75, 3.05) is 26.2 Å². The van der Waals surface area contributed by atoms with E-state index in [0.717, 1.165) is 18.8 Å². The number of hydrogen-bond donors (Lipinski definition) is 3. The van der Waals surface area contributed by atoms with Gasteiger partial charge in [0, 0.05) is 38.5 Å². The van der Waals surface area contributed by atoms with Gasteiger partial charge >= 0.3 is 6.09 Å². The molecule has 0 spiro atoms. The summed E-state index contributed by atoms with van der Waals surface area (Å²) in [4.78, 5) is 20.5. The summed E-state index contributed by atoms with van der Waals surface area (Å²) in [5.41, 5.74) is -0.498. The fourth-order valence-corrected chi connectivity index (χ4v) is 2.03. The molecule has 3 N–H and O–H groups in total. The normalized spacial score (nSPS) is 12.2. The molecular weight excluding hydrogens is 348 g/mol. The van der Waals surface area contributed by atoms with Crippen LogP contribution >= 0.6 is 0 Å². The van der Waals surface area contributed by atoms with Gasteiger partial charge in [-0.05, 0) is 34.1 Å². The van der Waals surface area contributed by atoms with Gasteiger partial charge in [0.2, 0.25) is 5.89 Å². The van der Waals surface area contributed by atoms with Crippen LogP contribution < -0.4 is 16.0 Å². The van der Waals surface area contributed by atoms with Crippen molar-refractivity contribution < 1.29 is 14.1 Å². The Bertz CT molecular complexity index is 592. The summed E-state index contributed by atoms with van der Waals surface area (Å²) >= 11 is 0. The fraction of sp³-hybridized carbons (Fsp3) is 0.778. The molecule has 0 radical (unpaired) electrons. The first kappa shape index (κ1) is 22.7. The third-order valence-corrected chi connectivity index (χ3v) is 3.25. The van der Waals surface area contributed by atoms with Gasteiger partial charge in [-0.25, -0.2) is 4.79 Å². The highest BCUT2D eigenvalue weighted by Crippen LogP contribution is 2.10. The van der Waals surface area contributed by atoms with Crippen LogP contribution in [0.3, 0.4) is 0 Å². The number of amides is 1. The summed E-state index contributed by atoms with van der Waals surface area (Å²) < 4.78 is 10.4. The lowest BCUT2D eigenvalue weighted by Crippen LogP contribution is -2.42. The summed E-state index contributed by atoms with van der Waals surface area (Å²) in [5, 5.41) is 13.0. The molecule has 1 heterocycles. The maximum Gasteiger partial charge on any atom is 0.407 e. The molecule has 9 heteroatoms. The zero-order valence-corrected chi connectivity index (χ0v) is 17.4. The number of nitrogens with zero attached hydrogens (tertiary/aromatic N) is 3. The van der Waals surface area contributed by atoms with E-state index in [4.69, 9.17) is 9.26 Å². The first-order valence-corrected chi connectivity index (χ1v) is 9.52. The third kappa shape index (κ3) is 10.4. The number of carbonyl (C=O) groups excluding carboxylic acids is 1. The van der Waals surface area contributed by atoms with Gasteiger partial charge in [0.25, 0.3) is 0 Å². The highest BCUT2D eigenvalue weighted by Gasteiger charge is 2.15. The Morgan fingerprint density at radius 3 is 2.52 bits per heavy atom. The van der Waals surface area contributed by atoms with E-state index < -0.39 is 11.7 Å². The topological polar surface area (TPSA) is 114 Å². The fourth-order valence-electron chi connectivity index (χ4n) is 2.03. The Kier molecular flexibility index (Phi) is 9.60. The second-order valence-corrected chi connectivity index (χ2v) is 7.42. The Balaban J connectivity index is 2.29. The molecular formula is C18H34N6O3. The minimum atomic E-state index is -0.498. The summed E-state index contributed by atoms with van der Waals surface area (Å²) in [6, 6.07) is 0. The SMILES string of the molecule is CCNC(=NCCCc1nc(C(C)C)no1)NCCNC(=O)OC(C)(C)C. The van der Waals surface area contributed by atoms with Crippen molar-refractivity contribution in [1.82, 2.24) is 26.1 Å². The average molecular weight is 383 g/mol. The molecule has 0 aliphatic rings. The van der Waals surface area contributed by atoms with Crippen molar-refractivity contribution in [2.45, 2.75) is 65.9 Å². The molecule has 0 atom stereocenters. The monoisotopic (exact) mass is 382 g/mol. The van der Waals surface area contributed by atoms with E-state index in [-0.39, 0.29) is 5.92 Å². The minimum Gasteiger partial charge on any atom is -0.444 e. The molecule has 0 unspecified atom stereocenters. The number of guanidine groups is 1. The smallest absolute Gasteiger partial charge is 0.407 e. The summed E-state index contributed by atoms with van der Waals surface area (Å²) in [6.07, 6.45) is 1.08. The molecule has 1 rings (SSSR count). The van der Waals surface area contributed by atoms with Crippen LogP contribution in [0, 0.1) is 0 Å². The number of ether oxygens (including phenoxy) is 1. The number of nitrogens with one attached hydrogen (secondary N) is 3. The van der Waals surface area contributed by atoms with Crippen LogP contribution in [0.2, 0.25) is 0 Å². The van der Waals surface area contributed by atoms with Crippen LogP contribution in [0.15, 0.2) is 9.52 Å². The number of aryl methyl sites for hydroxylation is 1. The first-order valence-electron chi connectivity index (χ1n) is 9.52. The standard InChI is InChI=1S/C18H34N6O3/c1-7-19-16(21-11-12-22-17(25)26-18(4,5)6)20-10-8-9-14-23-15(13(2)3)24-27-14/h13H,7-12H2,1-6H3,(H,22,25)(H2,19,20,21). The van der Waals surface area contributed by atoms with Crippen LogP contribution in [-0.4, -0.2) is 54.0 Å². The first-order chi connectivity index (χ1) is 12.7. The Labute approximate surface area is 161 Å². The number of alkyl carbamates (subject to hydrolysis) is 1. The Hall–Kier alpha value is -2.32. The van der Waals surface area contributed by atoms with Gasteiger partial charge in [0.15, 0.2) is 11.8 Å². The second kappa shape index (κ2) is 11.4. The molecule has 1 aromatic heterocycles. The molecule has 0 saturated carbocycles. The molecule has 1 amide bonds. The lowest BCUT2D eigenvalue weighted by Gasteiger charge is -2.19. The summed E-state index contributed by atoms with van der Waals surface area (Å²) in [5.74, 6) is 2.35. The lowest BCUT2D eigenvalue weighted by atomic mass is 10.2. The summed E-state index contributed by atoms with van der Waals surface area (Å²) in [6.45, 7) is 13.9. The van der Waals surface area contributed by atoms with Crippen LogP contribution in [-0.2, 0) is 11.2 Å². The van der Waals surface area contributed by atoms with Crippen LogP contribution in [0.1, 0.15) is 65.6 Å². The molecule has 9 nitrogen and oxygen atoms in total. The zero-order chi connectivity index (χ0) is 20.3. The van der Waals surface area contributed by atoms with Gasteiger partial charge < -0.3 is 25.2 Å². The van der Waals surface area contributed by atoms with Gasteiger partial charge in [-0.3, -0.25) is 4.99 Å². The zero-order valence-electron chi connectivity index (χ0n) is 17.4. The highest BCUT2D eigenvalue weighted by molar-refractivity contribution is 5.79. The molecule has 0 fully saturated rings. The van der Waals surface area contributed by atoms with E-state index in [0.29, 0.717) is 37.9 Å². The molecule has 0 aliphatic carbocycles. The average Bonchev–Trinajstić information content (AvgIpc) is 3.03. The molecule has 0 aliphatic heterocycles. The van der Waals surface area contributed by atoms with Gasteiger partial charge in [-0.2, -0.15) is 4.98 Å². The predicted octanol–water partition coefficient (Wildman–Crippen LogP) is 2.21. The van der Waals surface area contributed by atoms with E-state index in [1.165, 1.54) is 0 Å². The van der Waals surface area contributed by atoms with Crippen molar-refractivity contribution in [3.8, 4) is 0 Å². The number of carbonyl (C=O) groups is 1. The van der Waals surface area contributed by atoms with E-state index >= 15 is 0 Å². The maximum atomic E-state index is 11.6. The summed E-state index contributed by atoms with van der Waals surface area (Å²) in [7, 11) is 0. The molecule has 0 saturated heterocycles. The van der Waals surface area contributed by atoms with E-state index in [9.17, 15) is 4.79 Å². The van der Waals surface area contributed by atoms with E-state index in [1.807, 2.05) is 41.5 Å². The molecule has 154 valence electrons. The number of rotatable bonds is 9. The van der Waals surface area contributed by atoms with Crippen LogP contribution in [0.25, 0.3) is 0 Å². The molecule has 0 aromatic carbocycles. The molecule has 0 bridgehead atoms. The molecule has 1 aromatic rings.